The summed E-state index contributed by atoms with van der Waals surface area (Å²) in [6.07, 6.45) is 3.32. The Balaban J connectivity index is 1.57. The third-order valence-electron chi connectivity index (χ3n) is 3.91. The molecule has 1 heterocycles. The zero-order valence-electron chi connectivity index (χ0n) is 15.0. The van der Waals surface area contributed by atoms with Gasteiger partial charge in [-0.3, -0.25) is 14.3 Å². The van der Waals surface area contributed by atoms with Crippen LogP contribution in [-0.2, 0) is 11.3 Å². The Hall–Kier alpha value is -3.32. The highest BCUT2D eigenvalue weighted by Crippen LogP contribution is 2.18. The first kappa shape index (κ1) is 19.4. The molecule has 1 aromatic heterocycles. The van der Waals surface area contributed by atoms with Crippen molar-refractivity contribution >= 4 is 29.1 Å². The maximum atomic E-state index is 12.4. The van der Waals surface area contributed by atoms with E-state index < -0.39 is 5.91 Å². The number of nitrogens with one attached hydrogen (secondary N) is 1. The molecule has 0 bridgehead atoms. The lowest BCUT2D eigenvalue weighted by Gasteiger charge is -2.07. The summed E-state index contributed by atoms with van der Waals surface area (Å²) in [5, 5.41) is 7.67. The van der Waals surface area contributed by atoms with Gasteiger partial charge in [-0.05, 0) is 35.9 Å². The number of carbonyl (C=O) groups excluding carboxylic acids is 2. The van der Waals surface area contributed by atoms with Crippen molar-refractivity contribution in [1.29, 1.82) is 0 Å². The van der Waals surface area contributed by atoms with Crippen LogP contribution in [0.15, 0.2) is 60.9 Å². The number of hydrogen-bond donors (Lipinski definition) is 2. The number of ether oxygens (including phenoxy) is 1. The molecule has 2 amide bonds. The minimum atomic E-state index is -0.418. The number of rotatable bonds is 8. The van der Waals surface area contributed by atoms with Gasteiger partial charge < -0.3 is 15.8 Å². The second-order valence-electron chi connectivity index (χ2n) is 6.06. The van der Waals surface area contributed by atoms with Gasteiger partial charge in [0.15, 0.2) is 0 Å². The highest BCUT2D eigenvalue weighted by atomic mass is 35.5. The summed E-state index contributed by atoms with van der Waals surface area (Å²) in [5.41, 5.74) is 7.04. The van der Waals surface area contributed by atoms with Crippen LogP contribution in [0.1, 0.15) is 22.3 Å². The Bertz CT molecular complexity index is 970. The van der Waals surface area contributed by atoms with E-state index in [2.05, 4.69) is 10.4 Å². The Morgan fingerprint density at radius 2 is 1.89 bits per heavy atom. The van der Waals surface area contributed by atoms with E-state index >= 15 is 0 Å². The van der Waals surface area contributed by atoms with Gasteiger partial charge in [0.05, 0.1) is 31.3 Å². The van der Waals surface area contributed by atoms with Crippen molar-refractivity contribution in [3.05, 3.63) is 77.1 Å². The van der Waals surface area contributed by atoms with Crippen molar-refractivity contribution in [2.75, 3.05) is 11.9 Å². The molecule has 8 heteroatoms. The number of aromatic nitrogens is 2. The van der Waals surface area contributed by atoms with Gasteiger partial charge in [0, 0.05) is 16.9 Å². The number of benzene rings is 2. The van der Waals surface area contributed by atoms with Crippen LogP contribution in [0.3, 0.4) is 0 Å². The van der Waals surface area contributed by atoms with Gasteiger partial charge in [0.2, 0.25) is 5.91 Å². The molecule has 0 aliphatic rings. The molecule has 0 saturated heterocycles. The molecule has 0 atom stereocenters. The third-order valence-corrected chi connectivity index (χ3v) is 4.28. The lowest BCUT2D eigenvalue weighted by Crippen LogP contribution is -2.14. The standard InChI is InChI=1S/C20H19ClN4O3/c21-18-4-2-1-3-14(18)12-25-13-15(11-23-25)20(27)24-16-5-7-17(8-6-16)28-10-9-19(22)26/h1-8,11,13H,9-10,12H2,(H2,22,26)(H,24,27). The van der Waals surface area contributed by atoms with E-state index in [1.807, 2.05) is 24.3 Å². The molecule has 2 aromatic carbocycles. The van der Waals surface area contributed by atoms with Gasteiger partial charge in [-0.2, -0.15) is 5.10 Å². The van der Waals surface area contributed by atoms with Gasteiger partial charge in [-0.25, -0.2) is 0 Å². The van der Waals surface area contributed by atoms with Crippen LogP contribution in [0.25, 0.3) is 0 Å². The average molecular weight is 399 g/mol. The molecule has 7 nitrogen and oxygen atoms in total. The van der Waals surface area contributed by atoms with Gasteiger partial charge in [-0.15, -0.1) is 0 Å². The molecular weight excluding hydrogens is 380 g/mol. The number of primary amides is 1. The number of hydrogen-bond acceptors (Lipinski definition) is 4. The summed E-state index contributed by atoms with van der Waals surface area (Å²) in [6.45, 7) is 0.690. The fraction of sp³-hybridized carbons (Fsp3) is 0.150. The first-order valence-corrected chi connectivity index (χ1v) is 8.97. The molecule has 0 aliphatic carbocycles. The van der Waals surface area contributed by atoms with E-state index in [0.717, 1.165) is 5.56 Å². The maximum absolute atomic E-state index is 12.4. The largest absolute Gasteiger partial charge is 0.493 e. The number of halogens is 1. The van der Waals surface area contributed by atoms with Gasteiger partial charge >= 0.3 is 0 Å². The van der Waals surface area contributed by atoms with Crippen LogP contribution in [0.5, 0.6) is 5.75 Å². The topological polar surface area (TPSA) is 99.2 Å². The fourth-order valence-corrected chi connectivity index (χ4v) is 2.67. The van der Waals surface area contributed by atoms with E-state index in [1.54, 1.807) is 35.1 Å². The minimum absolute atomic E-state index is 0.149. The molecule has 0 aliphatic heterocycles. The Morgan fingerprint density at radius 1 is 1.14 bits per heavy atom. The van der Waals surface area contributed by atoms with Crippen LogP contribution in [0.4, 0.5) is 5.69 Å². The van der Waals surface area contributed by atoms with Crippen LogP contribution in [0, 0.1) is 0 Å². The fourth-order valence-electron chi connectivity index (χ4n) is 2.48. The number of nitrogens with zero attached hydrogens (tertiary/aromatic N) is 2. The minimum Gasteiger partial charge on any atom is -0.493 e. The molecule has 3 rings (SSSR count). The zero-order valence-corrected chi connectivity index (χ0v) is 15.7. The predicted molar refractivity (Wildman–Crippen MR) is 106 cm³/mol. The van der Waals surface area contributed by atoms with Crippen molar-refractivity contribution < 1.29 is 14.3 Å². The van der Waals surface area contributed by atoms with Gasteiger partial charge in [-0.1, -0.05) is 29.8 Å². The van der Waals surface area contributed by atoms with Crippen molar-refractivity contribution in [2.45, 2.75) is 13.0 Å². The van der Waals surface area contributed by atoms with Crippen molar-refractivity contribution in [3.63, 3.8) is 0 Å². The molecule has 0 spiro atoms. The molecule has 144 valence electrons. The van der Waals surface area contributed by atoms with Gasteiger partial charge in [0.25, 0.3) is 5.91 Å². The predicted octanol–water partition coefficient (Wildman–Crippen LogP) is 3.09. The summed E-state index contributed by atoms with van der Waals surface area (Å²) in [4.78, 5) is 23.1. The number of amides is 2. The average Bonchev–Trinajstić information content (AvgIpc) is 3.13. The number of nitrogens with two attached hydrogens (primary N) is 1. The summed E-state index contributed by atoms with van der Waals surface area (Å²) >= 11 is 6.16. The van der Waals surface area contributed by atoms with E-state index in [9.17, 15) is 9.59 Å². The van der Waals surface area contributed by atoms with Crippen molar-refractivity contribution in [3.8, 4) is 5.75 Å². The smallest absolute Gasteiger partial charge is 0.258 e. The SMILES string of the molecule is NC(=O)CCOc1ccc(NC(=O)c2cnn(Cc3ccccc3Cl)c2)cc1. The Labute approximate surface area is 167 Å². The van der Waals surface area contributed by atoms with Gasteiger partial charge in [0.1, 0.15) is 5.75 Å². The van der Waals surface area contributed by atoms with E-state index in [0.29, 0.717) is 28.6 Å². The maximum Gasteiger partial charge on any atom is 0.258 e. The lowest BCUT2D eigenvalue weighted by atomic mass is 10.2. The molecule has 28 heavy (non-hydrogen) atoms. The van der Waals surface area contributed by atoms with E-state index in [4.69, 9.17) is 22.1 Å². The van der Waals surface area contributed by atoms with Crippen LogP contribution >= 0.6 is 11.6 Å². The second kappa shape index (κ2) is 9.05. The Morgan fingerprint density at radius 3 is 2.61 bits per heavy atom. The molecule has 0 saturated carbocycles. The molecule has 0 unspecified atom stereocenters. The molecule has 3 N–H and O–H groups in total. The van der Waals surface area contributed by atoms with Crippen LogP contribution in [0.2, 0.25) is 5.02 Å². The van der Waals surface area contributed by atoms with E-state index in [1.165, 1.54) is 6.20 Å². The highest BCUT2D eigenvalue weighted by molar-refractivity contribution is 6.31. The summed E-state index contributed by atoms with van der Waals surface area (Å²) in [6, 6.07) is 14.3. The number of anilines is 1. The summed E-state index contributed by atoms with van der Waals surface area (Å²) < 4.78 is 7.05. The van der Waals surface area contributed by atoms with Crippen LogP contribution < -0.4 is 15.8 Å². The summed E-state index contributed by atoms with van der Waals surface area (Å²) in [7, 11) is 0. The summed E-state index contributed by atoms with van der Waals surface area (Å²) in [5.74, 6) is -0.0985. The first-order chi connectivity index (χ1) is 13.5. The molecular formula is C20H19ClN4O3. The third kappa shape index (κ3) is 5.34. The highest BCUT2D eigenvalue weighted by Gasteiger charge is 2.10. The quantitative estimate of drug-likeness (QED) is 0.609. The molecule has 0 radical (unpaired) electrons. The monoisotopic (exact) mass is 398 g/mol. The van der Waals surface area contributed by atoms with Crippen molar-refractivity contribution in [2.24, 2.45) is 5.73 Å². The lowest BCUT2D eigenvalue weighted by molar-refractivity contribution is -0.118. The second-order valence-corrected chi connectivity index (χ2v) is 6.47. The zero-order chi connectivity index (χ0) is 19.9. The molecule has 3 aromatic rings. The van der Waals surface area contributed by atoms with E-state index in [-0.39, 0.29) is 18.9 Å². The number of carbonyl (C=O) groups is 2. The first-order valence-electron chi connectivity index (χ1n) is 8.59. The van der Waals surface area contributed by atoms with Crippen molar-refractivity contribution in [1.82, 2.24) is 9.78 Å². The normalized spacial score (nSPS) is 10.5. The molecule has 0 fully saturated rings. The Kier molecular flexibility index (Phi) is 6.29. The van der Waals surface area contributed by atoms with Crippen LogP contribution in [-0.4, -0.2) is 28.2 Å².